The third-order valence-corrected chi connectivity index (χ3v) is 1.28. The summed E-state index contributed by atoms with van der Waals surface area (Å²) in [6.07, 6.45) is 1.78. The second kappa shape index (κ2) is 3.06. The summed E-state index contributed by atoms with van der Waals surface area (Å²) in [7, 11) is 3.29. The maximum Gasteiger partial charge on any atom is 0.122 e. The Balaban J connectivity index is 2.90. The van der Waals surface area contributed by atoms with Gasteiger partial charge in [-0.05, 0) is 17.7 Å². The minimum absolute atomic E-state index is 0.769. The Morgan fingerprint density at radius 2 is 1.80 bits per heavy atom. The van der Waals surface area contributed by atoms with Crippen LogP contribution < -0.4 is 4.74 Å². The zero-order chi connectivity index (χ0) is 7.40. The second-order valence-electron chi connectivity index (χ2n) is 1.92. The van der Waals surface area contributed by atoms with Gasteiger partial charge >= 0.3 is 0 Å². The van der Waals surface area contributed by atoms with Crippen molar-refractivity contribution < 1.29 is 4.74 Å². The summed E-state index contributed by atoms with van der Waals surface area (Å²) < 4.78 is 4.73. The van der Waals surface area contributed by atoms with Crippen molar-refractivity contribution in [2.45, 2.75) is 0 Å². The van der Waals surface area contributed by atoms with Crippen molar-refractivity contribution in [3.8, 4) is 5.75 Å². The van der Waals surface area contributed by atoms with E-state index in [2.05, 4.69) is 13.7 Å². The third-order valence-electron chi connectivity index (χ3n) is 1.28. The number of ether oxygens (including phenoxy) is 1. The third kappa shape index (κ3) is 1.38. The number of hydrogen-bond acceptors (Lipinski definition) is 1. The lowest BCUT2D eigenvalue weighted by Crippen LogP contribution is -1.77. The van der Waals surface area contributed by atoms with Gasteiger partial charge in [0, 0.05) is 0 Å². The van der Waals surface area contributed by atoms with E-state index in [0.29, 0.717) is 0 Å². The topological polar surface area (TPSA) is 9.23 Å². The molecule has 51 valence electrons. The van der Waals surface area contributed by atoms with E-state index in [1.165, 1.54) is 0 Å². The highest BCUT2D eigenvalue weighted by Gasteiger charge is 1.87. The van der Waals surface area contributed by atoms with Crippen molar-refractivity contribution in [3.05, 3.63) is 43.5 Å². The highest BCUT2D eigenvalue weighted by Crippen LogP contribution is 2.11. The van der Waals surface area contributed by atoms with Crippen molar-refractivity contribution in [1.29, 1.82) is 0 Å². The fourth-order valence-corrected chi connectivity index (χ4v) is 0.700. The first-order valence-electron chi connectivity index (χ1n) is 3.01. The summed E-state index contributed by atoms with van der Waals surface area (Å²) in [4.78, 5) is 0. The van der Waals surface area contributed by atoms with Gasteiger partial charge in [0.25, 0.3) is 0 Å². The Hall–Kier alpha value is -1.24. The Kier molecular flexibility index (Phi) is 2.11. The molecule has 0 N–H and O–H groups in total. The molecular formula is C9H9O. The summed E-state index contributed by atoms with van der Waals surface area (Å²) in [6.45, 7) is 3.63. The molecule has 0 saturated heterocycles. The van der Waals surface area contributed by atoms with Crippen LogP contribution in [0.3, 0.4) is 0 Å². The molecule has 0 spiro atoms. The lowest BCUT2D eigenvalue weighted by atomic mass is 10.2. The predicted octanol–water partition coefficient (Wildman–Crippen LogP) is 2.50. The van der Waals surface area contributed by atoms with Gasteiger partial charge in [0.1, 0.15) is 12.9 Å². The minimum atomic E-state index is 0.769. The first kappa shape index (κ1) is 6.87. The molecule has 0 aliphatic carbocycles. The van der Waals surface area contributed by atoms with Crippen molar-refractivity contribution in [1.82, 2.24) is 0 Å². The van der Waals surface area contributed by atoms with Crippen LogP contribution in [0.1, 0.15) is 5.56 Å². The monoisotopic (exact) mass is 133 g/mol. The molecule has 1 aromatic carbocycles. The Morgan fingerprint density at radius 1 is 1.20 bits per heavy atom. The summed E-state index contributed by atoms with van der Waals surface area (Å²) in [5, 5.41) is 0. The SMILES string of the molecule is [CH2]Oc1ccc(C=C)cc1. The van der Waals surface area contributed by atoms with Crippen LogP contribution in [0, 0.1) is 7.11 Å². The second-order valence-corrected chi connectivity index (χ2v) is 1.92. The van der Waals surface area contributed by atoms with E-state index in [1.807, 2.05) is 24.3 Å². The molecule has 10 heavy (non-hydrogen) atoms. The van der Waals surface area contributed by atoms with Crippen LogP contribution in [-0.2, 0) is 0 Å². The minimum Gasteiger partial charge on any atom is -0.490 e. The largest absolute Gasteiger partial charge is 0.490 e. The molecule has 0 aromatic heterocycles. The van der Waals surface area contributed by atoms with Crippen LogP contribution in [0.25, 0.3) is 6.08 Å². The first-order valence-corrected chi connectivity index (χ1v) is 3.01. The van der Waals surface area contributed by atoms with Crippen molar-refractivity contribution in [2.24, 2.45) is 0 Å². The van der Waals surface area contributed by atoms with Gasteiger partial charge in [-0.15, -0.1) is 0 Å². The van der Waals surface area contributed by atoms with Crippen LogP contribution in [0.2, 0.25) is 0 Å². The summed E-state index contributed by atoms with van der Waals surface area (Å²) in [5.41, 5.74) is 1.08. The molecule has 0 fully saturated rings. The Morgan fingerprint density at radius 3 is 2.20 bits per heavy atom. The molecule has 0 atom stereocenters. The molecule has 0 aliphatic rings. The van der Waals surface area contributed by atoms with Crippen LogP contribution >= 0.6 is 0 Å². The van der Waals surface area contributed by atoms with Gasteiger partial charge in [-0.25, -0.2) is 0 Å². The number of hydrogen-bond donors (Lipinski definition) is 0. The average molecular weight is 133 g/mol. The molecule has 1 heteroatoms. The lowest BCUT2D eigenvalue weighted by molar-refractivity contribution is 0.473. The van der Waals surface area contributed by atoms with E-state index >= 15 is 0 Å². The van der Waals surface area contributed by atoms with Gasteiger partial charge in [0.2, 0.25) is 0 Å². The van der Waals surface area contributed by atoms with Crippen LogP contribution in [0.15, 0.2) is 30.8 Å². The van der Waals surface area contributed by atoms with Crippen LogP contribution in [0.5, 0.6) is 5.75 Å². The van der Waals surface area contributed by atoms with E-state index in [4.69, 9.17) is 4.74 Å². The maximum absolute atomic E-state index is 4.73. The summed E-state index contributed by atoms with van der Waals surface area (Å²) in [6, 6.07) is 7.55. The van der Waals surface area contributed by atoms with Gasteiger partial charge in [-0.3, -0.25) is 0 Å². The normalized spacial score (nSPS) is 8.90. The molecule has 1 radical (unpaired) electrons. The standard InChI is InChI=1S/C9H9O/c1-3-8-4-6-9(10-2)7-5-8/h3-7H,1-2H2. The van der Waals surface area contributed by atoms with Crippen LogP contribution in [-0.4, -0.2) is 0 Å². The number of rotatable bonds is 2. The van der Waals surface area contributed by atoms with Gasteiger partial charge in [0.05, 0.1) is 0 Å². The fraction of sp³-hybridized carbons (Fsp3) is 0. The molecule has 0 amide bonds. The molecule has 1 nitrogen and oxygen atoms in total. The smallest absolute Gasteiger partial charge is 0.122 e. The zero-order valence-corrected chi connectivity index (χ0v) is 5.71. The highest BCUT2D eigenvalue weighted by atomic mass is 16.5. The summed E-state index contributed by atoms with van der Waals surface area (Å²) in [5.74, 6) is 0.769. The van der Waals surface area contributed by atoms with Gasteiger partial charge in [-0.2, -0.15) is 0 Å². The fourth-order valence-electron chi connectivity index (χ4n) is 0.700. The molecule has 0 aliphatic heterocycles. The van der Waals surface area contributed by atoms with Crippen molar-refractivity contribution >= 4 is 6.08 Å². The molecule has 0 saturated carbocycles. The van der Waals surface area contributed by atoms with Gasteiger partial charge in [-0.1, -0.05) is 24.8 Å². The number of benzene rings is 1. The molecular weight excluding hydrogens is 124 g/mol. The predicted molar refractivity (Wildman–Crippen MR) is 42.5 cm³/mol. The Bertz CT molecular complexity index is 211. The first-order chi connectivity index (χ1) is 4.86. The van der Waals surface area contributed by atoms with Crippen molar-refractivity contribution in [3.63, 3.8) is 0 Å². The van der Waals surface area contributed by atoms with Crippen molar-refractivity contribution in [2.75, 3.05) is 0 Å². The summed E-state index contributed by atoms with van der Waals surface area (Å²) >= 11 is 0. The molecule has 0 heterocycles. The quantitative estimate of drug-likeness (QED) is 0.602. The highest BCUT2D eigenvalue weighted by molar-refractivity contribution is 5.48. The van der Waals surface area contributed by atoms with Gasteiger partial charge in [0.15, 0.2) is 0 Å². The zero-order valence-electron chi connectivity index (χ0n) is 5.71. The van der Waals surface area contributed by atoms with E-state index in [0.717, 1.165) is 11.3 Å². The lowest BCUT2D eigenvalue weighted by Gasteiger charge is -1.97. The average Bonchev–Trinajstić information content (AvgIpc) is 2.05. The molecule has 1 rings (SSSR count). The molecule has 0 bridgehead atoms. The molecule has 1 aromatic rings. The van der Waals surface area contributed by atoms with E-state index in [1.54, 1.807) is 6.08 Å². The van der Waals surface area contributed by atoms with Gasteiger partial charge < -0.3 is 4.74 Å². The van der Waals surface area contributed by atoms with E-state index < -0.39 is 0 Å². The van der Waals surface area contributed by atoms with E-state index in [9.17, 15) is 0 Å². The van der Waals surface area contributed by atoms with E-state index in [-0.39, 0.29) is 0 Å². The maximum atomic E-state index is 4.73. The molecule has 0 unspecified atom stereocenters. The van der Waals surface area contributed by atoms with Crippen LogP contribution in [0.4, 0.5) is 0 Å². The Labute approximate surface area is 61.0 Å².